The number of likely N-dealkylation sites (N-methyl/N-ethyl adjacent to an activating group) is 1. The van der Waals surface area contributed by atoms with Crippen molar-refractivity contribution in [3.63, 3.8) is 0 Å². The number of rotatable bonds is 9. The molecule has 0 saturated carbocycles. The van der Waals surface area contributed by atoms with Crippen LogP contribution in [0.25, 0.3) is 21.9 Å². The van der Waals surface area contributed by atoms with Crippen LogP contribution in [0.5, 0.6) is 11.5 Å². The van der Waals surface area contributed by atoms with Gasteiger partial charge < -0.3 is 18.9 Å². The number of methoxy groups -OCH3 is 2. The Hall–Kier alpha value is -5.36. The molecule has 1 atom stereocenters. The maximum absolute atomic E-state index is 13.5. The van der Waals surface area contributed by atoms with Gasteiger partial charge in [0.1, 0.15) is 17.5 Å². The average molecular weight is 624 g/mol. The normalized spacial score (nSPS) is 16.3. The standard InChI is InChI=1S/C34H33N5O7/c1-37(13-11-19-6-5-7-22-30(19)34(44)39(33(22)43)26-8-9-29(40)36-31(26)41)17-25-27(45-3)14-20(15-28(25)46-4)24-18-38(2)32(42)23-16-35-12-10-21(23)24/h5-7,10,12,14-16,18,26H,8-9,11,13,17H2,1-4H3,(H,36,40,41). The molecule has 0 radical (unpaired) electrons. The summed E-state index contributed by atoms with van der Waals surface area (Å²) in [6.07, 6.45) is 5.64. The molecule has 2 aromatic heterocycles. The van der Waals surface area contributed by atoms with E-state index in [4.69, 9.17) is 9.47 Å². The zero-order valence-corrected chi connectivity index (χ0v) is 26.0. The van der Waals surface area contributed by atoms with Crippen molar-refractivity contribution < 1.29 is 28.7 Å². The monoisotopic (exact) mass is 623 g/mol. The van der Waals surface area contributed by atoms with E-state index >= 15 is 0 Å². The van der Waals surface area contributed by atoms with Crippen LogP contribution < -0.4 is 20.3 Å². The maximum atomic E-state index is 13.5. The summed E-state index contributed by atoms with van der Waals surface area (Å²) in [7, 11) is 6.82. The van der Waals surface area contributed by atoms with Crippen molar-refractivity contribution in [2.24, 2.45) is 7.05 Å². The van der Waals surface area contributed by atoms with Crippen LogP contribution in [0.15, 0.2) is 59.8 Å². The number of amides is 4. The van der Waals surface area contributed by atoms with Gasteiger partial charge in [-0.3, -0.25) is 39.2 Å². The predicted octanol–water partition coefficient (Wildman–Crippen LogP) is 2.69. The van der Waals surface area contributed by atoms with E-state index in [1.54, 1.807) is 52.0 Å². The lowest BCUT2D eigenvalue weighted by molar-refractivity contribution is -0.136. The van der Waals surface area contributed by atoms with Gasteiger partial charge in [0.25, 0.3) is 17.4 Å². The lowest BCUT2D eigenvalue weighted by atomic mass is 9.98. The van der Waals surface area contributed by atoms with Crippen molar-refractivity contribution in [3.05, 3.63) is 87.6 Å². The summed E-state index contributed by atoms with van der Waals surface area (Å²) >= 11 is 0. The van der Waals surface area contributed by atoms with Crippen molar-refractivity contribution in [2.45, 2.75) is 31.8 Å². The molecule has 0 spiro atoms. The molecule has 6 rings (SSSR count). The van der Waals surface area contributed by atoms with Crippen LogP contribution in [0.1, 0.15) is 44.7 Å². The minimum atomic E-state index is -1.01. The van der Waals surface area contributed by atoms with Crippen LogP contribution in [0, 0.1) is 0 Å². The number of carbonyl (C=O) groups excluding carboxylic acids is 4. The van der Waals surface area contributed by atoms with Crippen LogP contribution in [-0.2, 0) is 29.6 Å². The van der Waals surface area contributed by atoms with Gasteiger partial charge in [0.05, 0.1) is 36.3 Å². The average Bonchev–Trinajstić information content (AvgIpc) is 3.31. The molecule has 1 unspecified atom stereocenters. The molecule has 1 fully saturated rings. The topological polar surface area (TPSA) is 140 Å². The Bertz CT molecular complexity index is 1960. The second-order valence-electron chi connectivity index (χ2n) is 11.5. The van der Waals surface area contributed by atoms with Crippen molar-refractivity contribution in [2.75, 3.05) is 27.8 Å². The fourth-order valence-electron chi connectivity index (χ4n) is 6.29. The van der Waals surface area contributed by atoms with E-state index in [2.05, 4.69) is 15.2 Å². The summed E-state index contributed by atoms with van der Waals surface area (Å²) in [5, 5.41) is 3.51. The molecule has 2 aliphatic heterocycles. The Morgan fingerprint density at radius 1 is 0.978 bits per heavy atom. The zero-order chi connectivity index (χ0) is 32.7. The van der Waals surface area contributed by atoms with E-state index in [0.717, 1.165) is 27.0 Å². The van der Waals surface area contributed by atoms with Crippen LogP contribution in [0.3, 0.4) is 0 Å². The third kappa shape index (κ3) is 5.30. The van der Waals surface area contributed by atoms with Crippen molar-refractivity contribution in [1.82, 2.24) is 24.7 Å². The van der Waals surface area contributed by atoms with E-state index in [1.807, 2.05) is 31.3 Å². The quantitative estimate of drug-likeness (QED) is 0.279. The van der Waals surface area contributed by atoms with Gasteiger partial charge in [-0.05, 0) is 60.7 Å². The Morgan fingerprint density at radius 2 is 1.72 bits per heavy atom. The molecule has 4 amide bonds. The number of nitrogens with one attached hydrogen (secondary N) is 1. The summed E-state index contributed by atoms with van der Waals surface area (Å²) in [4.78, 5) is 70.7. The molecule has 4 heterocycles. The number of piperidine rings is 1. The number of hydrogen-bond acceptors (Lipinski definition) is 9. The fraction of sp³-hybridized carbons (Fsp3) is 0.294. The number of carbonyl (C=O) groups is 4. The SMILES string of the molecule is COc1cc(-c2cn(C)c(=O)c3cnccc23)cc(OC)c1CN(C)CCc1cccc2c1C(=O)N(C1CCC(=O)NC1=O)C2=O. The molecule has 46 heavy (non-hydrogen) atoms. The second-order valence-corrected chi connectivity index (χ2v) is 11.5. The van der Waals surface area contributed by atoms with Gasteiger partial charge in [-0.15, -0.1) is 0 Å². The lowest BCUT2D eigenvalue weighted by Gasteiger charge is -2.27. The first kappa shape index (κ1) is 30.7. The predicted molar refractivity (Wildman–Crippen MR) is 169 cm³/mol. The molecule has 0 bridgehead atoms. The summed E-state index contributed by atoms with van der Waals surface area (Å²) in [5.41, 5.74) is 3.58. The highest BCUT2D eigenvalue weighted by atomic mass is 16.5. The molecule has 12 heteroatoms. The number of fused-ring (bicyclic) bond motifs is 2. The molecule has 1 N–H and O–H groups in total. The highest BCUT2D eigenvalue weighted by Gasteiger charge is 2.45. The minimum absolute atomic E-state index is 0.0640. The number of benzene rings is 2. The molecule has 2 aromatic carbocycles. The highest BCUT2D eigenvalue weighted by molar-refractivity contribution is 6.24. The van der Waals surface area contributed by atoms with E-state index in [9.17, 15) is 24.0 Å². The molecule has 4 aromatic rings. The van der Waals surface area contributed by atoms with Crippen molar-refractivity contribution in [1.29, 1.82) is 0 Å². The number of imide groups is 2. The van der Waals surface area contributed by atoms with Gasteiger partial charge in [0.2, 0.25) is 11.8 Å². The second kappa shape index (κ2) is 12.2. The smallest absolute Gasteiger partial charge is 0.262 e. The van der Waals surface area contributed by atoms with E-state index in [-0.39, 0.29) is 24.0 Å². The fourth-order valence-corrected chi connectivity index (χ4v) is 6.29. The summed E-state index contributed by atoms with van der Waals surface area (Å²) in [5.74, 6) is -0.878. The Morgan fingerprint density at radius 3 is 2.41 bits per heavy atom. The van der Waals surface area contributed by atoms with Gasteiger partial charge in [-0.25, -0.2) is 0 Å². The number of pyridine rings is 2. The van der Waals surface area contributed by atoms with Gasteiger partial charge in [-0.1, -0.05) is 12.1 Å². The largest absolute Gasteiger partial charge is 0.496 e. The Labute approximate surface area is 264 Å². The first-order chi connectivity index (χ1) is 22.1. The number of aromatic nitrogens is 2. The third-order valence-electron chi connectivity index (χ3n) is 8.65. The molecule has 2 aliphatic rings. The first-order valence-electron chi connectivity index (χ1n) is 14.8. The summed E-state index contributed by atoms with van der Waals surface area (Å²) < 4.78 is 13.2. The van der Waals surface area contributed by atoms with Gasteiger partial charge in [-0.2, -0.15) is 0 Å². The van der Waals surface area contributed by atoms with E-state index in [0.29, 0.717) is 47.5 Å². The van der Waals surface area contributed by atoms with E-state index < -0.39 is 29.7 Å². The molecule has 1 saturated heterocycles. The number of nitrogens with zero attached hydrogens (tertiary/aromatic N) is 4. The van der Waals surface area contributed by atoms with Crippen LogP contribution in [-0.4, -0.2) is 76.8 Å². The van der Waals surface area contributed by atoms with E-state index in [1.165, 1.54) is 4.57 Å². The number of aryl methyl sites for hydroxylation is 1. The number of ether oxygens (including phenoxy) is 2. The summed E-state index contributed by atoms with van der Waals surface area (Å²) in [6, 6.07) is 9.78. The molecule has 236 valence electrons. The third-order valence-corrected chi connectivity index (χ3v) is 8.65. The van der Waals surface area contributed by atoms with Crippen LogP contribution in [0.2, 0.25) is 0 Å². The van der Waals surface area contributed by atoms with Crippen molar-refractivity contribution >= 4 is 34.4 Å². The zero-order valence-electron chi connectivity index (χ0n) is 26.0. The minimum Gasteiger partial charge on any atom is -0.496 e. The molecule has 12 nitrogen and oxygen atoms in total. The summed E-state index contributed by atoms with van der Waals surface area (Å²) in [6.45, 7) is 0.984. The van der Waals surface area contributed by atoms with Crippen molar-refractivity contribution in [3.8, 4) is 22.6 Å². The molecular weight excluding hydrogens is 590 g/mol. The maximum Gasteiger partial charge on any atom is 0.262 e. The highest BCUT2D eigenvalue weighted by Crippen LogP contribution is 2.38. The lowest BCUT2D eigenvalue weighted by Crippen LogP contribution is -2.54. The van der Waals surface area contributed by atoms with Crippen LogP contribution in [0.4, 0.5) is 0 Å². The van der Waals surface area contributed by atoms with Gasteiger partial charge in [0, 0.05) is 50.7 Å². The van der Waals surface area contributed by atoms with Gasteiger partial charge in [0.15, 0.2) is 0 Å². The molecule has 0 aliphatic carbocycles. The van der Waals surface area contributed by atoms with Crippen LogP contribution >= 0.6 is 0 Å². The van der Waals surface area contributed by atoms with Gasteiger partial charge >= 0.3 is 0 Å². The Kier molecular flexibility index (Phi) is 8.13. The first-order valence-corrected chi connectivity index (χ1v) is 14.8. The number of hydrogen-bond donors (Lipinski definition) is 1. The molecular formula is C34H33N5O7. The Balaban J connectivity index is 1.24.